The van der Waals surface area contributed by atoms with E-state index in [2.05, 4.69) is 20.9 Å². The average molecular weight is 245 g/mol. The molecule has 72 valence electrons. The van der Waals surface area contributed by atoms with Crippen LogP contribution in [0.25, 0.3) is 0 Å². The van der Waals surface area contributed by atoms with Gasteiger partial charge in [0.1, 0.15) is 0 Å². The van der Waals surface area contributed by atoms with Gasteiger partial charge in [0, 0.05) is 24.0 Å². The lowest BCUT2D eigenvalue weighted by molar-refractivity contribution is 0.180. The van der Waals surface area contributed by atoms with Crippen molar-refractivity contribution in [2.45, 2.75) is 13.0 Å². The molecule has 4 heteroatoms. The fourth-order valence-electron chi connectivity index (χ4n) is 1.16. The molecule has 0 unspecified atom stereocenters. The minimum Gasteiger partial charge on any atom is -0.383 e. The normalized spacial score (nSPS) is 12.9. The van der Waals surface area contributed by atoms with Crippen LogP contribution in [0.2, 0.25) is 0 Å². The molecule has 13 heavy (non-hydrogen) atoms. The summed E-state index contributed by atoms with van der Waals surface area (Å²) in [6, 6.07) is -0.102. The molecule has 0 saturated heterocycles. The summed E-state index contributed by atoms with van der Waals surface area (Å²) in [6.45, 7) is 2.52. The van der Waals surface area contributed by atoms with E-state index in [0.717, 1.165) is 15.6 Å². The lowest BCUT2D eigenvalue weighted by Gasteiger charge is -2.13. The molecule has 0 aromatic carbocycles. The number of rotatable bonds is 3. The zero-order chi connectivity index (χ0) is 9.84. The van der Waals surface area contributed by atoms with Crippen LogP contribution in [0.1, 0.15) is 17.2 Å². The van der Waals surface area contributed by atoms with Gasteiger partial charge in [0.15, 0.2) is 0 Å². The molecule has 0 fully saturated rings. The number of ether oxygens (including phenoxy) is 1. The highest BCUT2D eigenvalue weighted by atomic mass is 79.9. The minimum atomic E-state index is -0.102. The highest BCUT2D eigenvalue weighted by Crippen LogP contribution is 2.21. The third-order valence-corrected chi connectivity index (χ3v) is 2.74. The SMILES string of the molecule is COC[C@@H](N)c1cncc(Br)c1C. The van der Waals surface area contributed by atoms with Crippen LogP contribution in [0.4, 0.5) is 0 Å². The highest BCUT2D eigenvalue weighted by Gasteiger charge is 2.10. The molecule has 3 nitrogen and oxygen atoms in total. The van der Waals surface area contributed by atoms with Gasteiger partial charge in [-0.15, -0.1) is 0 Å². The quantitative estimate of drug-likeness (QED) is 0.883. The van der Waals surface area contributed by atoms with E-state index >= 15 is 0 Å². The molecule has 0 aliphatic rings. The standard InChI is InChI=1S/C9H13BrN2O/c1-6-7(9(11)5-13-2)3-12-4-8(6)10/h3-4,9H,5,11H2,1-2H3/t9-/m1/s1. The molecule has 0 aliphatic carbocycles. The fourth-order valence-corrected chi connectivity index (χ4v) is 1.50. The van der Waals surface area contributed by atoms with Gasteiger partial charge in [0.2, 0.25) is 0 Å². The van der Waals surface area contributed by atoms with Crippen molar-refractivity contribution in [2.24, 2.45) is 5.73 Å². The first-order chi connectivity index (χ1) is 6.16. The number of halogens is 1. The Morgan fingerprint density at radius 2 is 2.31 bits per heavy atom. The Morgan fingerprint density at radius 1 is 1.62 bits per heavy atom. The molecule has 1 aromatic heterocycles. The number of nitrogens with zero attached hydrogens (tertiary/aromatic N) is 1. The Kier molecular flexibility index (Phi) is 3.84. The summed E-state index contributed by atoms with van der Waals surface area (Å²) in [7, 11) is 1.64. The van der Waals surface area contributed by atoms with Crippen molar-refractivity contribution in [1.82, 2.24) is 4.98 Å². The number of hydrogen-bond donors (Lipinski definition) is 1. The third kappa shape index (κ3) is 2.49. The van der Waals surface area contributed by atoms with E-state index < -0.39 is 0 Å². The van der Waals surface area contributed by atoms with Crippen LogP contribution < -0.4 is 5.73 Å². The third-order valence-electron chi connectivity index (χ3n) is 1.94. The van der Waals surface area contributed by atoms with E-state index in [4.69, 9.17) is 10.5 Å². The Balaban J connectivity index is 2.93. The number of nitrogens with two attached hydrogens (primary N) is 1. The van der Waals surface area contributed by atoms with E-state index in [9.17, 15) is 0 Å². The Bertz CT molecular complexity index is 291. The molecular formula is C9H13BrN2O. The molecule has 1 rings (SSSR count). The highest BCUT2D eigenvalue weighted by molar-refractivity contribution is 9.10. The first-order valence-electron chi connectivity index (χ1n) is 4.01. The van der Waals surface area contributed by atoms with Crippen molar-refractivity contribution >= 4 is 15.9 Å². The summed E-state index contributed by atoms with van der Waals surface area (Å²) in [5, 5.41) is 0. The zero-order valence-electron chi connectivity index (χ0n) is 7.75. The van der Waals surface area contributed by atoms with Crippen LogP contribution in [0, 0.1) is 6.92 Å². The number of aromatic nitrogens is 1. The predicted octanol–water partition coefficient (Wildman–Crippen LogP) is 1.80. The summed E-state index contributed by atoms with van der Waals surface area (Å²) in [5.74, 6) is 0. The fraction of sp³-hybridized carbons (Fsp3) is 0.444. The largest absolute Gasteiger partial charge is 0.383 e. The second-order valence-corrected chi connectivity index (χ2v) is 3.75. The van der Waals surface area contributed by atoms with Crippen LogP contribution in [0.5, 0.6) is 0 Å². The molecule has 0 aliphatic heterocycles. The van der Waals surface area contributed by atoms with E-state index in [1.807, 2.05) is 6.92 Å². The molecule has 0 amide bonds. The van der Waals surface area contributed by atoms with Gasteiger partial charge in [0.25, 0.3) is 0 Å². The van der Waals surface area contributed by atoms with Crippen LogP contribution >= 0.6 is 15.9 Å². The molecule has 0 bridgehead atoms. The maximum Gasteiger partial charge on any atom is 0.0656 e. The van der Waals surface area contributed by atoms with E-state index in [0.29, 0.717) is 6.61 Å². The van der Waals surface area contributed by atoms with E-state index in [1.54, 1.807) is 19.5 Å². The van der Waals surface area contributed by atoms with Crippen molar-refractivity contribution in [3.8, 4) is 0 Å². The second-order valence-electron chi connectivity index (χ2n) is 2.90. The van der Waals surface area contributed by atoms with Gasteiger partial charge in [-0.05, 0) is 34.0 Å². The summed E-state index contributed by atoms with van der Waals surface area (Å²) in [4.78, 5) is 4.07. The van der Waals surface area contributed by atoms with Crippen molar-refractivity contribution in [3.05, 3.63) is 28.0 Å². The average Bonchev–Trinajstić information content (AvgIpc) is 2.10. The number of pyridine rings is 1. The van der Waals surface area contributed by atoms with Crippen LogP contribution in [-0.2, 0) is 4.74 Å². The molecule has 1 atom stereocenters. The van der Waals surface area contributed by atoms with Crippen molar-refractivity contribution in [3.63, 3.8) is 0 Å². The lowest BCUT2D eigenvalue weighted by Crippen LogP contribution is -2.17. The number of hydrogen-bond acceptors (Lipinski definition) is 3. The number of methoxy groups -OCH3 is 1. The van der Waals surface area contributed by atoms with Gasteiger partial charge < -0.3 is 10.5 Å². The van der Waals surface area contributed by atoms with E-state index in [-0.39, 0.29) is 6.04 Å². The molecule has 2 N–H and O–H groups in total. The van der Waals surface area contributed by atoms with Crippen molar-refractivity contribution in [1.29, 1.82) is 0 Å². The smallest absolute Gasteiger partial charge is 0.0656 e. The summed E-state index contributed by atoms with van der Waals surface area (Å²) in [5.41, 5.74) is 8.04. The Hall–Kier alpha value is -0.450. The first kappa shape index (κ1) is 10.6. The maximum absolute atomic E-state index is 5.89. The van der Waals surface area contributed by atoms with Gasteiger partial charge in [-0.3, -0.25) is 4.98 Å². The van der Waals surface area contributed by atoms with Crippen molar-refractivity contribution < 1.29 is 4.74 Å². The van der Waals surface area contributed by atoms with Gasteiger partial charge in [-0.2, -0.15) is 0 Å². The van der Waals surface area contributed by atoms with Crippen molar-refractivity contribution in [2.75, 3.05) is 13.7 Å². The van der Waals surface area contributed by atoms with Crippen LogP contribution in [0.15, 0.2) is 16.9 Å². The van der Waals surface area contributed by atoms with Crippen LogP contribution in [-0.4, -0.2) is 18.7 Å². The molecular weight excluding hydrogens is 232 g/mol. The summed E-state index contributed by atoms with van der Waals surface area (Å²) >= 11 is 3.41. The minimum absolute atomic E-state index is 0.102. The van der Waals surface area contributed by atoms with Gasteiger partial charge in [0.05, 0.1) is 12.6 Å². The van der Waals surface area contributed by atoms with Crippen LogP contribution in [0.3, 0.4) is 0 Å². The second kappa shape index (κ2) is 4.69. The van der Waals surface area contributed by atoms with Gasteiger partial charge in [-0.1, -0.05) is 0 Å². The van der Waals surface area contributed by atoms with E-state index in [1.165, 1.54) is 0 Å². The van der Waals surface area contributed by atoms with Gasteiger partial charge >= 0.3 is 0 Å². The maximum atomic E-state index is 5.89. The molecule has 1 heterocycles. The Morgan fingerprint density at radius 3 is 2.92 bits per heavy atom. The predicted molar refractivity (Wildman–Crippen MR) is 55.5 cm³/mol. The molecule has 0 spiro atoms. The summed E-state index contributed by atoms with van der Waals surface area (Å²) in [6.07, 6.45) is 3.54. The molecule has 0 saturated carbocycles. The Labute approximate surface area is 86.4 Å². The lowest BCUT2D eigenvalue weighted by atomic mass is 10.1. The zero-order valence-corrected chi connectivity index (χ0v) is 9.34. The van der Waals surface area contributed by atoms with Gasteiger partial charge in [-0.25, -0.2) is 0 Å². The first-order valence-corrected chi connectivity index (χ1v) is 4.80. The summed E-state index contributed by atoms with van der Waals surface area (Å²) < 4.78 is 5.97. The monoisotopic (exact) mass is 244 g/mol. The topological polar surface area (TPSA) is 48.1 Å². The molecule has 0 radical (unpaired) electrons. The molecule has 1 aromatic rings.